The molecule has 2 aromatic rings. The Bertz CT molecular complexity index is 825. The first-order valence-corrected chi connectivity index (χ1v) is 7.46. The van der Waals surface area contributed by atoms with Gasteiger partial charge in [0.1, 0.15) is 17.3 Å². The molecule has 0 atom stereocenters. The fraction of sp³-hybridized carbons (Fsp3) is 0.222. The van der Waals surface area contributed by atoms with Gasteiger partial charge in [-0.2, -0.15) is 0 Å². The molecule has 4 rings (SSSR count). The molecule has 0 bridgehead atoms. The zero-order valence-electron chi connectivity index (χ0n) is 12.5. The zero-order chi connectivity index (χ0) is 16.0. The van der Waals surface area contributed by atoms with Crippen molar-refractivity contribution in [3.8, 4) is 11.5 Å². The van der Waals surface area contributed by atoms with Crippen molar-refractivity contribution in [1.29, 1.82) is 0 Å². The van der Waals surface area contributed by atoms with E-state index in [0.29, 0.717) is 28.4 Å². The number of ether oxygens (including phenoxy) is 2. The molecule has 0 amide bonds. The van der Waals surface area contributed by atoms with Gasteiger partial charge in [-0.3, -0.25) is 9.59 Å². The van der Waals surface area contributed by atoms with E-state index in [9.17, 15) is 9.59 Å². The Balaban J connectivity index is 1.65. The first kappa shape index (κ1) is 13.8. The van der Waals surface area contributed by atoms with Crippen molar-refractivity contribution in [3.05, 3.63) is 53.2 Å². The minimum absolute atomic E-state index is 0.0135. The molecule has 1 saturated carbocycles. The third-order valence-corrected chi connectivity index (χ3v) is 3.97. The number of fused-ring (bicyclic) bond motifs is 1. The Morgan fingerprint density at radius 1 is 1.30 bits per heavy atom. The number of carbonyl (C=O) groups excluding carboxylic acids is 2. The van der Waals surface area contributed by atoms with Crippen LogP contribution in [0.5, 0.6) is 11.5 Å². The molecule has 5 heteroatoms. The van der Waals surface area contributed by atoms with E-state index in [1.807, 2.05) is 0 Å². The molecule has 23 heavy (non-hydrogen) atoms. The van der Waals surface area contributed by atoms with Gasteiger partial charge in [0.25, 0.3) is 0 Å². The van der Waals surface area contributed by atoms with Gasteiger partial charge in [0, 0.05) is 11.6 Å². The highest BCUT2D eigenvalue weighted by molar-refractivity contribution is 6.14. The number of Topliss-reactive ketones (excluding diaryl/α,β-unsaturated/α-hetero) is 1. The van der Waals surface area contributed by atoms with E-state index in [1.165, 1.54) is 6.26 Å². The largest absolute Gasteiger partial charge is 0.465 e. The van der Waals surface area contributed by atoms with Gasteiger partial charge < -0.3 is 13.9 Å². The van der Waals surface area contributed by atoms with Gasteiger partial charge in [-0.05, 0) is 44.0 Å². The summed E-state index contributed by atoms with van der Waals surface area (Å²) >= 11 is 0. The monoisotopic (exact) mass is 310 g/mol. The first-order chi connectivity index (χ1) is 11.1. The topological polar surface area (TPSA) is 65.7 Å². The van der Waals surface area contributed by atoms with Crippen LogP contribution in [0, 0.1) is 12.8 Å². The number of hydrogen-bond donors (Lipinski definition) is 0. The van der Waals surface area contributed by atoms with Crippen molar-refractivity contribution in [1.82, 2.24) is 0 Å². The molecule has 116 valence electrons. The summed E-state index contributed by atoms with van der Waals surface area (Å²) in [4.78, 5) is 24.2. The Morgan fingerprint density at radius 2 is 2.13 bits per heavy atom. The highest BCUT2D eigenvalue weighted by atomic mass is 16.5. The summed E-state index contributed by atoms with van der Waals surface area (Å²) in [6.07, 6.45) is 4.85. The summed E-state index contributed by atoms with van der Waals surface area (Å²) in [6, 6.07) is 6.75. The summed E-state index contributed by atoms with van der Waals surface area (Å²) in [5, 5.41) is 0. The SMILES string of the molecule is Cc1c(OC(=O)C2CC2)ccc2c1O/C(=C\c1ccco1)C2=O. The maximum atomic E-state index is 12.4. The Kier molecular flexibility index (Phi) is 3.08. The molecule has 1 aromatic carbocycles. The third kappa shape index (κ3) is 2.44. The standard InChI is InChI=1S/C18H14O5/c1-10-14(23-18(20)11-4-5-11)7-6-13-16(19)15(22-17(10)13)9-12-3-2-8-21-12/h2-3,6-9,11H,4-5H2,1H3/b15-9-. The summed E-state index contributed by atoms with van der Waals surface area (Å²) in [6.45, 7) is 1.78. The summed E-state index contributed by atoms with van der Waals surface area (Å²) < 4.78 is 16.3. The summed E-state index contributed by atoms with van der Waals surface area (Å²) in [5.41, 5.74) is 1.11. The Labute approximate surface area is 132 Å². The van der Waals surface area contributed by atoms with E-state index in [0.717, 1.165) is 12.8 Å². The van der Waals surface area contributed by atoms with E-state index < -0.39 is 0 Å². The molecule has 0 saturated heterocycles. The Morgan fingerprint density at radius 3 is 2.83 bits per heavy atom. The van der Waals surface area contributed by atoms with Crippen molar-refractivity contribution in [2.45, 2.75) is 19.8 Å². The highest BCUT2D eigenvalue weighted by Crippen LogP contribution is 2.40. The number of furan rings is 1. The maximum absolute atomic E-state index is 12.4. The fourth-order valence-electron chi connectivity index (χ4n) is 2.49. The molecular weight excluding hydrogens is 296 g/mol. The lowest BCUT2D eigenvalue weighted by Gasteiger charge is -2.09. The molecule has 0 radical (unpaired) electrons. The van der Waals surface area contributed by atoms with Crippen LogP contribution >= 0.6 is 0 Å². The number of benzene rings is 1. The van der Waals surface area contributed by atoms with Crippen LogP contribution < -0.4 is 9.47 Å². The van der Waals surface area contributed by atoms with Crippen LogP contribution in [0.2, 0.25) is 0 Å². The summed E-state index contributed by atoms with van der Waals surface area (Å²) in [5.74, 6) is 1.20. The second-order valence-corrected chi connectivity index (χ2v) is 5.72. The molecule has 0 unspecified atom stereocenters. The van der Waals surface area contributed by atoms with Crippen molar-refractivity contribution < 1.29 is 23.5 Å². The molecule has 0 spiro atoms. The molecule has 2 aliphatic rings. The summed E-state index contributed by atoms with van der Waals surface area (Å²) in [7, 11) is 0. The zero-order valence-corrected chi connectivity index (χ0v) is 12.5. The third-order valence-electron chi connectivity index (χ3n) is 3.97. The number of allylic oxidation sites excluding steroid dienone is 1. The van der Waals surface area contributed by atoms with Gasteiger partial charge in [0.15, 0.2) is 5.76 Å². The number of ketones is 1. The highest BCUT2D eigenvalue weighted by Gasteiger charge is 2.34. The number of carbonyl (C=O) groups is 2. The Hall–Kier alpha value is -2.82. The van der Waals surface area contributed by atoms with Crippen LogP contribution in [-0.2, 0) is 4.79 Å². The van der Waals surface area contributed by atoms with Crippen LogP contribution in [-0.4, -0.2) is 11.8 Å². The molecule has 1 fully saturated rings. The quantitative estimate of drug-likeness (QED) is 0.493. The predicted octanol–water partition coefficient (Wildman–Crippen LogP) is 3.52. The molecule has 2 heterocycles. The van der Waals surface area contributed by atoms with E-state index in [1.54, 1.807) is 37.3 Å². The van der Waals surface area contributed by atoms with Crippen LogP contribution in [0.25, 0.3) is 6.08 Å². The van der Waals surface area contributed by atoms with Gasteiger partial charge in [-0.1, -0.05) is 0 Å². The van der Waals surface area contributed by atoms with Crippen molar-refractivity contribution in [2.75, 3.05) is 0 Å². The van der Waals surface area contributed by atoms with Crippen LogP contribution in [0.1, 0.15) is 34.5 Å². The van der Waals surface area contributed by atoms with Gasteiger partial charge >= 0.3 is 5.97 Å². The molecule has 5 nitrogen and oxygen atoms in total. The second kappa shape index (κ2) is 5.12. The van der Waals surface area contributed by atoms with Gasteiger partial charge in [-0.15, -0.1) is 0 Å². The molecule has 1 aliphatic heterocycles. The van der Waals surface area contributed by atoms with Gasteiger partial charge in [0.2, 0.25) is 5.78 Å². The predicted molar refractivity (Wildman–Crippen MR) is 81.2 cm³/mol. The number of esters is 1. The van der Waals surface area contributed by atoms with E-state index >= 15 is 0 Å². The lowest BCUT2D eigenvalue weighted by molar-refractivity contribution is -0.135. The second-order valence-electron chi connectivity index (χ2n) is 5.72. The minimum atomic E-state index is -0.219. The van der Waals surface area contributed by atoms with Crippen LogP contribution in [0.15, 0.2) is 40.7 Å². The van der Waals surface area contributed by atoms with Crippen molar-refractivity contribution >= 4 is 17.8 Å². The van der Waals surface area contributed by atoms with Crippen molar-refractivity contribution in [2.24, 2.45) is 5.92 Å². The van der Waals surface area contributed by atoms with E-state index in [-0.39, 0.29) is 23.4 Å². The molecule has 0 N–H and O–H groups in total. The first-order valence-electron chi connectivity index (χ1n) is 7.46. The molecule has 1 aliphatic carbocycles. The van der Waals surface area contributed by atoms with Gasteiger partial charge in [0.05, 0.1) is 17.7 Å². The lowest BCUT2D eigenvalue weighted by atomic mass is 10.1. The normalized spacial score (nSPS) is 18.0. The number of hydrogen-bond acceptors (Lipinski definition) is 5. The van der Waals surface area contributed by atoms with E-state index in [2.05, 4.69) is 0 Å². The smallest absolute Gasteiger partial charge is 0.314 e. The maximum Gasteiger partial charge on any atom is 0.314 e. The molecular formula is C18H14O5. The lowest BCUT2D eigenvalue weighted by Crippen LogP contribution is -2.10. The minimum Gasteiger partial charge on any atom is -0.465 e. The molecule has 1 aromatic heterocycles. The average Bonchev–Trinajstić information content (AvgIpc) is 3.19. The van der Waals surface area contributed by atoms with E-state index in [4.69, 9.17) is 13.9 Å². The fourth-order valence-corrected chi connectivity index (χ4v) is 2.49. The van der Waals surface area contributed by atoms with Crippen LogP contribution in [0.4, 0.5) is 0 Å². The number of rotatable bonds is 3. The van der Waals surface area contributed by atoms with Crippen molar-refractivity contribution in [3.63, 3.8) is 0 Å². The average molecular weight is 310 g/mol. The van der Waals surface area contributed by atoms with Gasteiger partial charge in [-0.25, -0.2) is 0 Å². The van der Waals surface area contributed by atoms with Crippen LogP contribution in [0.3, 0.4) is 0 Å².